The summed E-state index contributed by atoms with van der Waals surface area (Å²) < 4.78 is 19.8. The van der Waals surface area contributed by atoms with E-state index in [1.165, 1.54) is 29.1 Å². The first kappa shape index (κ1) is 18.8. The zero-order chi connectivity index (χ0) is 20.4. The van der Waals surface area contributed by atoms with Crippen LogP contribution in [0.15, 0.2) is 46.0 Å². The Morgan fingerprint density at radius 2 is 2.10 bits per heavy atom. The number of rotatable bonds is 3. The fourth-order valence-corrected chi connectivity index (χ4v) is 3.24. The third-order valence-electron chi connectivity index (χ3n) is 4.84. The molecule has 29 heavy (non-hydrogen) atoms. The van der Waals surface area contributed by atoms with Gasteiger partial charge in [-0.15, -0.1) is 0 Å². The summed E-state index contributed by atoms with van der Waals surface area (Å²) in [5.74, 6) is 0.324. The molecule has 1 aliphatic rings. The molecule has 2 aromatic heterocycles. The molecular weight excluding hydrogens is 379 g/mol. The summed E-state index contributed by atoms with van der Waals surface area (Å²) >= 11 is 0. The quantitative estimate of drug-likeness (QED) is 0.726. The Bertz CT molecular complexity index is 1080. The number of anilines is 1. The molecule has 1 aromatic carbocycles. The fraction of sp³-hybridized carbons (Fsp3) is 0.316. The first-order chi connectivity index (χ1) is 14.0. The lowest BCUT2D eigenvalue weighted by Crippen LogP contribution is -2.42. The molecule has 9 nitrogen and oxygen atoms in total. The Hall–Kier alpha value is -3.56. The van der Waals surface area contributed by atoms with E-state index in [1.807, 2.05) is 0 Å². The summed E-state index contributed by atoms with van der Waals surface area (Å²) in [5, 5.41) is 6.54. The number of urea groups is 1. The maximum absolute atomic E-state index is 13.1. The number of halogens is 1. The van der Waals surface area contributed by atoms with Gasteiger partial charge in [0.2, 0.25) is 17.5 Å². The van der Waals surface area contributed by atoms with E-state index in [1.54, 1.807) is 24.1 Å². The van der Waals surface area contributed by atoms with Crippen molar-refractivity contribution in [3.05, 3.63) is 58.7 Å². The molecule has 0 saturated carbocycles. The number of nitrogens with zero attached hydrogens (tertiary/aromatic N) is 5. The summed E-state index contributed by atoms with van der Waals surface area (Å²) in [6, 6.07) is 5.43. The lowest BCUT2D eigenvalue weighted by molar-refractivity contribution is 0.184. The molecule has 0 radical (unpaired) electrons. The van der Waals surface area contributed by atoms with Crippen molar-refractivity contribution in [2.45, 2.75) is 18.8 Å². The van der Waals surface area contributed by atoms with E-state index in [4.69, 9.17) is 4.52 Å². The highest BCUT2D eigenvalue weighted by molar-refractivity contribution is 5.88. The van der Waals surface area contributed by atoms with Crippen LogP contribution in [0.2, 0.25) is 0 Å². The third-order valence-corrected chi connectivity index (χ3v) is 4.84. The van der Waals surface area contributed by atoms with Crippen LogP contribution in [0.1, 0.15) is 24.7 Å². The largest absolute Gasteiger partial charge is 0.339 e. The number of hydrogen-bond donors (Lipinski definition) is 1. The molecule has 0 spiro atoms. The Labute approximate surface area is 165 Å². The van der Waals surface area contributed by atoms with Crippen LogP contribution in [0.25, 0.3) is 11.4 Å². The normalized spacial score (nSPS) is 16.6. The van der Waals surface area contributed by atoms with Crippen molar-refractivity contribution < 1.29 is 13.7 Å². The maximum Gasteiger partial charge on any atom is 0.323 e. The van der Waals surface area contributed by atoms with Gasteiger partial charge in [-0.25, -0.2) is 14.2 Å². The number of benzene rings is 1. The van der Waals surface area contributed by atoms with Crippen LogP contribution in [0.5, 0.6) is 0 Å². The van der Waals surface area contributed by atoms with Gasteiger partial charge in [0.25, 0.3) is 5.56 Å². The number of amides is 2. The number of nitrogens with one attached hydrogen (secondary N) is 1. The predicted octanol–water partition coefficient (Wildman–Crippen LogP) is 2.38. The minimum Gasteiger partial charge on any atom is -0.339 e. The van der Waals surface area contributed by atoms with Gasteiger partial charge in [-0.05, 0) is 37.1 Å². The standard InChI is InChI=1S/C19H19FN6O3/c1-25-10-8-21-16(18(25)27)23-19(28)26-9-2-3-13(11-26)17-22-15(24-29-17)12-4-6-14(20)7-5-12/h4-8,10,13H,2-3,9,11H2,1H3,(H,21,23,28). The average Bonchev–Trinajstić information content (AvgIpc) is 3.22. The van der Waals surface area contributed by atoms with Crippen molar-refractivity contribution in [1.29, 1.82) is 0 Å². The number of carbonyl (C=O) groups is 1. The molecule has 1 atom stereocenters. The smallest absolute Gasteiger partial charge is 0.323 e. The summed E-state index contributed by atoms with van der Waals surface area (Å²) in [4.78, 5) is 34.6. The van der Waals surface area contributed by atoms with E-state index in [0.717, 1.165) is 12.8 Å². The topological polar surface area (TPSA) is 106 Å². The highest BCUT2D eigenvalue weighted by Crippen LogP contribution is 2.27. The molecule has 3 aromatic rings. The van der Waals surface area contributed by atoms with Gasteiger partial charge in [0.15, 0.2) is 0 Å². The van der Waals surface area contributed by atoms with Gasteiger partial charge in [0.05, 0.1) is 5.92 Å². The number of aryl methyl sites for hydroxylation is 1. The van der Waals surface area contributed by atoms with Gasteiger partial charge >= 0.3 is 6.03 Å². The number of hydrogen-bond acceptors (Lipinski definition) is 6. The molecule has 3 heterocycles. The van der Waals surface area contributed by atoms with Crippen molar-refractivity contribution in [1.82, 2.24) is 24.6 Å². The summed E-state index contributed by atoms with van der Waals surface area (Å²) in [7, 11) is 1.59. The zero-order valence-electron chi connectivity index (χ0n) is 15.7. The van der Waals surface area contributed by atoms with Gasteiger partial charge in [-0.2, -0.15) is 4.98 Å². The molecule has 1 unspecified atom stereocenters. The molecule has 1 aliphatic heterocycles. The molecular formula is C19H19FN6O3. The van der Waals surface area contributed by atoms with E-state index in [2.05, 4.69) is 20.4 Å². The second kappa shape index (κ2) is 7.82. The number of piperidine rings is 1. The van der Waals surface area contributed by atoms with Crippen LogP contribution in [0, 0.1) is 5.82 Å². The van der Waals surface area contributed by atoms with Gasteiger partial charge in [0.1, 0.15) is 5.82 Å². The van der Waals surface area contributed by atoms with Crippen molar-refractivity contribution in [3.63, 3.8) is 0 Å². The second-order valence-corrected chi connectivity index (χ2v) is 6.87. The fourth-order valence-electron chi connectivity index (χ4n) is 3.24. The first-order valence-corrected chi connectivity index (χ1v) is 9.18. The average molecular weight is 398 g/mol. The van der Waals surface area contributed by atoms with E-state index in [-0.39, 0.29) is 23.1 Å². The Kier molecular flexibility index (Phi) is 5.07. The lowest BCUT2D eigenvalue weighted by Gasteiger charge is -2.30. The predicted molar refractivity (Wildman–Crippen MR) is 102 cm³/mol. The first-order valence-electron chi connectivity index (χ1n) is 9.18. The molecule has 1 fully saturated rings. The zero-order valence-corrected chi connectivity index (χ0v) is 15.7. The number of aromatic nitrogens is 4. The SMILES string of the molecule is Cn1ccnc(NC(=O)N2CCCC(c3nc(-c4ccc(F)cc4)no3)C2)c1=O. The van der Waals surface area contributed by atoms with Crippen LogP contribution in [-0.2, 0) is 7.05 Å². The van der Waals surface area contributed by atoms with Gasteiger partial charge in [-0.3, -0.25) is 10.1 Å². The molecule has 0 bridgehead atoms. The maximum atomic E-state index is 13.1. The Morgan fingerprint density at radius 1 is 1.31 bits per heavy atom. The highest BCUT2D eigenvalue weighted by Gasteiger charge is 2.29. The van der Waals surface area contributed by atoms with Gasteiger partial charge in [-0.1, -0.05) is 5.16 Å². The third kappa shape index (κ3) is 4.00. The Balaban J connectivity index is 1.46. The van der Waals surface area contributed by atoms with Crippen LogP contribution < -0.4 is 10.9 Å². The van der Waals surface area contributed by atoms with Crippen molar-refractivity contribution in [2.24, 2.45) is 7.05 Å². The summed E-state index contributed by atoms with van der Waals surface area (Å²) in [5.41, 5.74) is 0.271. The number of likely N-dealkylation sites (tertiary alicyclic amines) is 1. The van der Waals surface area contributed by atoms with Crippen LogP contribution in [0.3, 0.4) is 0 Å². The van der Waals surface area contributed by atoms with Crippen molar-refractivity contribution >= 4 is 11.8 Å². The molecule has 1 N–H and O–H groups in total. The highest BCUT2D eigenvalue weighted by atomic mass is 19.1. The molecule has 150 valence electrons. The minimum absolute atomic E-state index is 0.0153. The van der Waals surface area contributed by atoms with E-state index in [9.17, 15) is 14.0 Å². The minimum atomic E-state index is -0.399. The molecule has 4 rings (SSSR count). The second-order valence-electron chi connectivity index (χ2n) is 6.87. The van der Waals surface area contributed by atoms with E-state index >= 15 is 0 Å². The summed E-state index contributed by atoms with van der Waals surface area (Å²) in [6.07, 6.45) is 4.52. The molecule has 1 saturated heterocycles. The van der Waals surface area contributed by atoms with Crippen LogP contribution in [-0.4, -0.2) is 43.7 Å². The van der Waals surface area contributed by atoms with E-state index < -0.39 is 6.03 Å². The molecule has 10 heteroatoms. The molecule has 2 amide bonds. The lowest BCUT2D eigenvalue weighted by atomic mass is 9.98. The monoisotopic (exact) mass is 398 g/mol. The number of carbonyl (C=O) groups excluding carboxylic acids is 1. The van der Waals surface area contributed by atoms with Gasteiger partial charge in [0, 0.05) is 38.1 Å². The van der Waals surface area contributed by atoms with Crippen LogP contribution >= 0.6 is 0 Å². The van der Waals surface area contributed by atoms with Crippen LogP contribution in [0.4, 0.5) is 15.0 Å². The molecule has 0 aliphatic carbocycles. The van der Waals surface area contributed by atoms with Gasteiger partial charge < -0.3 is 14.0 Å². The van der Waals surface area contributed by atoms with Crippen molar-refractivity contribution in [3.8, 4) is 11.4 Å². The summed E-state index contributed by atoms with van der Waals surface area (Å²) in [6.45, 7) is 0.929. The van der Waals surface area contributed by atoms with Crippen molar-refractivity contribution in [2.75, 3.05) is 18.4 Å². The Morgan fingerprint density at radius 3 is 2.90 bits per heavy atom. The van der Waals surface area contributed by atoms with E-state index in [0.29, 0.717) is 30.4 Å².